The van der Waals surface area contributed by atoms with E-state index in [4.69, 9.17) is 4.74 Å². The molecule has 0 aliphatic heterocycles. The fourth-order valence-corrected chi connectivity index (χ4v) is 2.03. The van der Waals surface area contributed by atoms with Crippen LogP contribution < -0.4 is 5.32 Å². The van der Waals surface area contributed by atoms with Gasteiger partial charge in [-0.1, -0.05) is 23.8 Å². The highest BCUT2D eigenvalue weighted by Crippen LogP contribution is 2.13. The van der Waals surface area contributed by atoms with Crippen molar-refractivity contribution in [2.45, 2.75) is 33.8 Å². The minimum Gasteiger partial charge on any atom is -0.449 e. The molecule has 0 aliphatic carbocycles. The average Bonchev–Trinajstić information content (AvgIpc) is 2.52. The summed E-state index contributed by atoms with van der Waals surface area (Å²) < 4.78 is 5.24. The molecule has 4 heteroatoms. The molecule has 0 spiro atoms. The maximum atomic E-state index is 12.1. The monoisotopic (exact) mass is 311 g/mol. The zero-order chi connectivity index (χ0) is 17.0. The lowest BCUT2D eigenvalue weighted by Gasteiger charge is -2.14. The van der Waals surface area contributed by atoms with Crippen molar-refractivity contribution in [3.8, 4) is 0 Å². The zero-order valence-electron chi connectivity index (χ0n) is 13.8. The number of carbonyl (C=O) groups is 2. The highest BCUT2D eigenvalue weighted by atomic mass is 16.5. The van der Waals surface area contributed by atoms with E-state index in [9.17, 15) is 9.59 Å². The molecule has 4 nitrogen and oxygen atoms in total. The lowest BCUT2D eigenvalue weighted by Crippen LogP contribution is -2.30. The van der Waals surface area contributed by atoms with Crippen LogP contribution in [0.5, 0.6) is 0 Å². The van der Waals surface area contributed by atoms with E-state index in [1.807, 2.05) is 51.1 Å². The second kappa shape index (κ2) is 7.09. The molecule has 1 N–H and O–H groups in total. The van der Waals surface area contributed by atoms with Crippen LogP contribution in [0.4, 0.5) is 5.69 Å². The van der Waals surface area contributed by atoms with Crippen molar-refractivity contribution >= 4 is 17.6 Å². The molecule has 23 heavy (non-hydrogen) atoms. The second-order valence-electron chi connectivity index (χ2n) is 5.70. The maximum Gasteiger partial charge on any atom is 0.338 e. The Morgan fingerprint density at radius 3 is 2.22 bits per heavy atom. The van der Waals surface area contributed by atoms with Crippen LogP contribution in [0.3, 0.4) is 0 Å². The first kappa shape index (κ1) is 16.7. The minimum atomic E-state index is -0.870. The maximum absolute atomic E-state index is 12.1. The number of hydrogen-bond donors (Lipinski definition) is 1. The summed E-state index contributed by atoms with van der Waals surface area (Å²) in [5.41, 5.74) is 4.35. The van der Waals surface area contributed by atoms with Crippen molar-refractivity contribution in [1.82, 2.24) is 0 Å². The number of hydrogen-bond acceptors (Lipinski definition) is 3. The highest BCUT2D eigenvalue weighted by Gasteiger charge is 2.19. The van der Waals surface area contributed by atoms with Gasteiger partial charge in [0.1, 0.15) is 0 Å². The van der Waals surface area contributed by atoms with E-state index in [1.54, 1.807) is 19.1 Å². The van der Waals surface area contributed by atoms with Gasteiger partial charge in [-0.05, 0) is 63.1 Å². The number of esters is 1. The molecule has 1 amide bonds. The molecule has 120 valence electrons. The number of anilines is 1. The summed E-state index contributed by atoms with van der Waals surface area (Å²) in [5.74, 6) is -0.856. The summed E-state index contributed by atoms with van der Waals surface area (Å²) in [6, 6.07) is 12.8. The van der Waals surface area contributed by atoms with Crippen LogP contribution in [-0.2, 0) is 9.53 Å². The van der Waals surface area contributed by atoms with Gasteiger partial charge in [-0.3, -0.25) is 4.79 Å². The van der Waals surface area contributed by atoms with Gasteiger partial charge in [0, 0.05) is 5.69 Å². The van der Waals surface area contributed by atoms with Crippen LogP contribution in [0.1, 0.15) is 34.0 Å². The van der Waals surface area contributed by atoms with E-state index in [0.29, 0.717) is 11.3 Å². The molecule has 0 heterocycles. The van der Waals surface area contributed by atoms with Crippen molar-refractivity contribution in [3.05, 3.63) is 64.7 Å². The number of rotatable bonds is 4. The van der Waals surface area contributed by atoms with Crippen LogP contribution >= 0.6 is 0 Å². The van der Waals surface area contributed by atoms with Gasteiger partial charge < -0.3 is 10.1 Å². The summed E-state index contributed by atoms with van der Waals surface area (Å²) in [6.45, 7) is 7.43. The largest absolute Gasteiger partial charge is 0.449 e. The predicted molar refractivity (Wildman–Crippen MR) is 90.6 cm³/mol. The molecule has 0 unspecified atom stereocenters. The predicted octanol–water partition coefficient (Wildman–Crippen LogP) is 3.80. The van der Waals surface area contributed by atoms with E-state index in [0.717, 1.165) is 16.7 Å². The normalized spacial score (nSPS) is 11.7. The molecule has 0 aliphatic rings. The first-order valence-electron chi connectivity index (χ1n) is 7.52. The third kappa shape index (κ3) is 4.42. The summed E-state index contributed by atoms with van der Waals surface area (Å²) in [7, 11) is 0. The van der Waals surface area contributed by atoms with Gasteiger partial charge in [-0.2, -0.15) is 0 Å². The fraction of sp³-hybridized carbons (Fsp3) is 0.263. The van der Waals surface area contributed by atoms with Crippen LogP contribution in [0.2, 0.25) is 0 Å². The minimum absolute atomic E-state index is 0.356. The first-order chi connectivity index (χ1) is 10.9. The number of aryl methyl sites for hydroxylation is 3. The van der Waals surface area contributed by atoms with Crippen LogP contribution in [0.25, 0.3) is 0 Å². The summed E-state index contributed by atoms with van der Waals surface area (Å²) in [5, 5.41) is 2.73. The lowest BCUT2D eigenvalue weighted by atomic mass is 10.1. The Bertz CT molecular complexity index is 720. The number of ether oxygens (including phenoxy) is 1. The number of carbonyl (C=O) groups excluding carboxylic acids is 2. The molecule has 2 aromatic rings. The van der Waals surface area contributed by atoms with Crippen LogP contribution in [0, 0.1) is 20.8 Å². The topological polar surface area (TPSA) is 55.4 Å². The third-order valence-corrected chi connectivity index (χ3v) is 3.71. The van der Waals surface area contributed by atoms with Crippen molar-refractivity contribution in [2.75, 3.05) is 5.32 Å². The second-order valence-corrected chi connectivity index (χ2v) is 5.70. The van der Waals surface area contributed by atoms with E-state index < -0.39 is 12.1 Å². The Hall–Kier alpha value is -2.62. The molecule has 0 saturated heterocycles. The van der Waals surface area contributed by atoms with E-state index >= 15 is 0 Å². The first-order valence-corrected chi connectivity index (χ1v) is 7.52. The highest BCUT2D eigenvalue weighted by molar-refractivity contribution is 5.97. The number of amides is 1. The molecular formula is C19H21NO3. The SMILES string of the molecule is Cc1ccc(NC(=O)[C@H](C)OC(=O)c2ccc(C)c(C)c2)cc1. The van der Waals surface area contributed by atoms with Gasteiger partial charge in [-0.25, -0.2) is 4.79 Å². The van der Waals surface area contributed by atoms with Crippen molar-refractivity contribution in [1.29, 1.82) is 0 Å². The Balaban J connectivity index is 1.98. The van der Waals surface area contributed by atoms with Gasteiger partial charge in [-0.15, -0.1) is 0 Å². The number of nitrogens with one attached hydrogen (secondary N) is 1. The quantitative estimate of drug-likeness (QED) is 0.874. The fourth-order valence-electron chi connectivity index (χ4n) is 2.03. The Morgan fingerprint density at radius 1 is 0.957 bits per heavy atom. The molecule has 0 fully saturated rings. The Labute approximate surface area is 136 Å². The summed E-state index contributed by atoms with van der Waals surface area (Å²) in [6.07, 6.45) is -0.870. The van der Waals surface area contributed by atoms with Crippen LogP contribution in [-0.4, -0.2) is 18.0 Å². The van der Waals surface area contributed by atoms with Gasteiger partial charge in [0.05, 0.1) is 5.56 Å². The van der Waals surface area contributed by atoms with E-state index in [-0.39, 0.29) is 5.91 Å². The lowest BCUT2D eigenvalue weighted by molar-refractivity contribution is -0.123. The van der Waals surface area contributed by atoms with E-state index in [1.165, 1.54) is 0 Å². The molecular weight excluding hydrogens is 290 g/mol. The smallest absolute Gasteiger partial charge is 0.338 e. The van der Waals surface area contributed by atoms with Gasteiger partial charge in [0.2, 0.25) is 0 Å². The Kier molecular flexibility index (Phi) is 5.16. The summed E-state index contributed by atoms with van der Waals surface area (Å²) >= 11 is 0. The molecule has 0 saturated carbocycles. The molecule has 1 atom stereocenters. The summed E-state index contributed by atoms with van der Waals surface area (Å²) in [4.78, 5) is 24.2. The van der Waals surface area contributed by atoms with Crippen molar-refractivity contribution in [2.24, 2.45) is 0 Å². The van der Waals surface area contributed by atoms with Gasteiger partial charge >= 0.3 is 5.97 Å². The number of benzene rings is 2. The van der Waals surface area contributed by atoms with Crippen LogP contribution in [0.15, 0.2) is 42.5 Å². The zero-order valence-corrected chi connectivity index (χ0v) is 13.8. The van der Waals surface area contributed by atoms with Crippen molar-refractivity contribution < 1.29 is 14.3 Å². The third-order valence-electron chi connectivity index (χ3n) is 3.71. The van der Waals surface area contributed by atoms with Gasteiger partial charge in [0.25, 0.3) is 5.91 Å². The van der Waals surface area contributed by atoms with E-state index in [2.05, 4.69) is 5.32 Å². The molecule has 0 aromatic heterocycles. The molecule has 2 aromatic carbocycles. The van der Waals surface area contributed by atoms with Crippen molar-refractivity contribution in [3.63, 3.8) is 0 Å². The molecule has 2 rings (SSSR count). The average molecular weight is 311 g/mol. The molecule has 0 bridgehead atoms. The Morgan fingerprint density at radius 2 is 1.61 bits per heavy atom. The molecule has 0 radical (unpaired) electrons. The van der Waals surface area contributed by atoms with Gasteiger partial charge in [0.15, 0.2) is 6.10 Å². The standard InChI is InChI=1S/C19H21NO3/c1-12-5-9-17(10-6-12)20-18(21)15(4)23-19(22)16-8-7-13(2)14(3)11-16/h5-11,15H,1-4H3,(H,20,21)/t15-/m0/s1.